The van der Waals surface area contributed by atoms with Crippen molar-refractivity contribution in [2.24, 2.45) is 5.92 Å². The molecule has 1 N–H and O–H groups in total. The number of nitrogens with one attached hydrogen (secondary N) is 1. The Bertz CT molecular complexity index is 1060. The van der Waals surface area contributed by atoms with Gasteiger partial charge in [-0.25, -0.2) is 0 Å². The Morgan fingerprint density at radius 3 is 2.51 bits per heavy atom. The summed E-state index contributed by atoms with van der Waals surface area (Å²) in [7, 11) is 4.13. The summed E-state index contributed by atoms with van der Waals surface area (Å²) in [5, 5.41) is 3.12. The van der Waals surface area contributed by atoms with Crippen LogP contribution in [0.4, 0.5) is 13.2 Å². The van der Waals surface area contributed by atoms with Gasteiger partial charge >= 0.3 is 6.36 Å². The average Bonchev–Trinajstić information content (AvgIpc) is 3.08. The van der Waals surface area contributed by atoms with Crippen molar-refractivity contribution in [3.05, 3.63) is 52.8 Å². The number of amides is 1. The van der Waals surface area contributed by atoms with E-state index in [4.69, 9.17) is 4.74 Å². The summed E-state index contributed by atoms with van der Waals surface area (Å²) >= 11 is 0. The number of hydrogen-bond acceptors (Lipinski definition) is 5. The third-order valence-electron chi connectivity index (χ3n) is 8.34. The van der Waals surface area contributed by atoms with E-state index in [1.54, 1.807) is 12.2 Å². The molecular formula is C30H42F3N3O3. The number of allylic oxidation sites excluding steroid dienone is 4. The highest BCUT2D eigenvalue weighted by atomic mass is 19.4. The Labute approximate surface area is 230 Å². The molecule has 0 spiro atoms. The van der Waals surface area contributed by atoms with Gasteiger partial charge in [-0.05, 0) is 95.3 Å². The molecule has 0 saturated carbocycles. The molecule has 0 radical (unpaired) electrons. The first-order valence-electron chi connectivity index (χ1n) is 14.0. The molecule has 9 heteroatoms. The van der Waals surface area contributed by atoms with Crippen LogP contribution in [0.5, 0.6) is 5.75 Å². The zero-order valence-electron chi connectivity index (χ0n) is 23.5. The van der Waals surface area contributed by atoms with Crippen molar-refractivity contribution in [2.45, 2.75) is 89.8 Å². The summed E-state index contributed by atoms with van der Waals surface area (Å²) in [6.45, 7) is 6.86. The normalized spacial score (nSPS) is 25.1. The smallest absolute Gasteiger partial charge is 0.493 e. The number of fused-ring (bicyclic) bond motifs is 2. The van der Waals surface area contributed by atoms with Gasteiger partial charge in [0.25, 0.3) is 0 Å². The fourth-order valence-electron chi connectivity index (χ4n) is 6.19. The molecule has 2 heterocycles. The molecule has 0 aromatic heterocycles. The molecule has 3 aliphatic rings. The predicted octanol–water partition coefficient (Wildman–Crippen LogP) is 5.63. The van der Waals surface area contributed by atoms with E-state index in [9.17, 15) is 18.0 Å². The third kappa shape index (κ3) is 8.01. The highest BCUT2D eigenvalue weighted by molar-refractivity contribution is 5.77. The van der Waals surface area contributed by atoms with Crippen molar-refractivity contribution in [2.75, 3.05) is 27.2 Å². The number of halogens is 3. The second-order valence-electron chi connectivity index (χ2n) is 11.5. The summed E-state index contributed by atoms with van der Waals surface area (Å²) in [5.41, 5.74) is 3.76. The lowest BCUT2D eigenvalue weighted by Gasteiger charge is -2.39. The second-order valence-corrected chi connectivity index (χ2v) is 11.5. The average molecular weight is 550 g/mol. The summed E-state index contributed by atoms with van der Waals surface area (Å²) in [5.74, 6) is -0.0470. The minimum Gasteiger partial charge on any atom is -0.493 e. The number of carbonyl (C=O) groups is 1. The maximum absolute atomic E-state index is 12.8. The van der Waals surface area contributed by atoms with Gasteiger partial charge in [-0.3, -0.25) is 9.69 Å². The van der Waals surface area contributed by atoms with Crippen molar-refractivity contribution in [3.63, 3.8) is 0 Å². The molecule has 2 aliphatic heterocycles. The summed E-state index contributed by atoms with van der Waals surface area (Å²) in [6.07, 6.45) is 5.12. The molecule has 2 bridgehead atoms. The van der Waals surface area contributed by atoms with Crippen molar-refractivity contribution in [1.82, 2.24) is 15.1 Å². The van der Waals surface area contributed by atoms with Gasteiger partial charge in [-0.15, -0.1) is 13.2 Å². The number of benzene rings is 1. The summed E-state index contributed by atoms with van der Waals surface area (Å²) in [6, 6.07) is 5.09. The van der Waals surface area contributed by atoms with Crippen LogP contribution in [-0.2, 0) is 16.1 Å². The van der Waals surface area contributed by atoms with Crippen molar-refractivity contribution >= 4 is 5.91 Å². The number of hydrogen-bond donors (Lipinski definition) is 1. The predicted molar refractivity (Wildman–Crippen MR) is 145 cm³/mol. The Hall–Kier alpha value is -2.52. The van der Waals surface area contributed by atoms with Crippen LogP contribution in [0.25, 0.3) is 0 Å². The van der Waals surface area contributed by atoms with Crippen LogP contribution in [0, 0.1) is 19.8 Å². The number of carbonyl (C=O) groups excluding carboxylic acids is 1. The summed E-state index contributed by atoms with van der Waals surface area (Å²) < 4.78 is 48.5. The number of alkyl halides is 3. The van der Waals surface area contributed by atoms with E-state index in [1.165, 1.54) is 22.8 Å². The molecule has 3 unspecified atom stereocenters. The highest BCUT2D eigenvalue weighted by Gasteiger charge is 2.41. The molecule has 3 atom stereocenters. The number of rotatable bonds is 11. The van der Waals surface area contributed by atoms with Gasteiger partial charge in [0.1, 0.15) is 11.5 Å². The molecule has 39 heavy (non-hydrogen) atoms. The summed E-state index contributed by atoms with van der Waals surface area (Å²) in [4.78, 5) is 17.5. The largest absolute Gasteiger partial charge is 0.572 e. The van der Waals surface area contributed by atoms with Crippen LogP contribution in [0.15, 0.2) is 36.1 Å². The Morgan fingerprint density at radius 2 is 1.85 bits per heavy atom. The first-order valence-corrected chi connectivity index (χ1v) is 14.0. The van der Waals surface area contributed by atoms with Gasteiger partial charge in [0.15, 0.2) is 0 Å². The van der Waals surface area contributed by atoms with Gasteiger partial charge in [0.2, 0.25) is 5.91 Å². The van der Waals surface area contributed by atoms with Crippen LogP contribution in [0.2, 0.25) is 0 Å². The van der Waals surface area contributed by atoms with E-state index in [2.05, 4.69) is 59.9 Å². The van der Waals surface area contributed by atoms with Crippen molar-refractivity contribution < 1.29 is 27.4 Å². The van der Waals surface area contributed by atoms with Crippen LogP contribution >= 0.6 is 0 Å². The van der Waals surface area contributed by atoms with Crippen LogP contribution < -0.4 is 10.1 Å². The second kappa shape index (κ2) is 12.8. The van der Waals surface area contributed by atoms with E-state index in [0.29, 0.717) is 25.1 Å². The van der Waals surface area contributed by atoms with E-state index >= 15 is 0 Å². The molecule has 4 rings (SSSR count). The number of piperidine rings is 1. The van der Waals surface area contributed by atoms with Crippen LogP contribution in [-0.4, -0.2) is 67.4 Å². The number of ether oxygens (including phenoxy) is 2. The minimum atomic E-state index is -4.76. The maximum atomic E-state index is 12.8. The van der Waals surface area contributed by atoms with Gasteiger partial charge in [-0.2, -0.15) is 0 Å². The highest BCUT2D eigenvalue weighted by Crippen LogP contribution is 2.38. The van der Waals surface area contributed by atoms with Gasteiger partial charge in [0, 0.05) is 43.6 Å². The quantitative estimate of drug-likeness (QED) is 0.363. The van der Waals surface area contributed by atoms with Crippen molar-refractivity contribution in [1.29, 1.82) is 0 Å². The first kappa shape index (κ1) is 29.5. The molecule has 1 amide bonds. The topological polar surface area (TPSA) is 54.0 Å². The van der Waals surface area contributed by atoms with Crippen molar-refractivity contribution in [3.8, 4) is 5.75 Å². The third-order valence-corrected chi connectivity index (χ3v) is 8.34. The van der Waals surface area contributed by atoms with Gasteiger partial charge in [0.05, 0.1) is 6.61 Å². The fraction of sp³-hybridized carbons (Fsp3) is 0.633. The van der Waals surface area contributed by atoms with Crippen LogP contribution in [0.1, 0.15) is 61.6 Å². The Balaban J connectivity index is 1.29. The minimum absolute atomic E-state index is 0.0101. The molecule has 1 aliphatic carbocycles. The Kier molecular flexibility index (Phi) is 9.64. The van der Waals surface area contributed by atoms with E-state index in [0.717, 1.165) is 50.9 Å². The van der Waals surface area contributed by atoms with Gasteiger partial charge < -0.3 is 19.7 Å². The molecule has 1 aromatic carbocycles. The fourth-order valence-corrected chi connectivity index (χ4v) is 6.19. The first-order chi connectivity index (χ1) is 18.5. The standard InChI is InChI=1S/C30H42F3N3O3/c1-20-21(2)27(38-15-7-14-35(3)4)13-10-23(20)19-36-25-11-12-26(36)18-24(17-25)34-29(37)16-22-8-5-6-9-28(22)39-30(31,32)33/h5-6,9-10,13,22,24-26H,7-8,11-12,14-19H2,1-4H3,(H,34,37). The lowest BCUT2D eigenvalue weighted by molar-refractivity contribution is -0.309. The maximum Gasteiger partial charge on any atom is 0.572 e. The molecule has 1 aromatic rings. The molecular weight excluding hydrogens is 507 g/mol. The molecule has 216 valence electrons. The van der Waals surface area contributed by atoms with Crippen LogP contribution in [0.3, 0.4) is 0 Å². The SMILES string of the molecule is Cc1c(CN2C3CCC2CC(NC(=O)CC2CC=CC=C2OC(F)(F)F)C3)ccc(OCCCN(C)C)c1C. The lowest BCUT2D eigenvalue weighted by Crippen LogP contribution is -2.50. The van der Waals surface area contributed by atoms with Gasteiger partial charge in [-0.1, -0.05) is 18.2 Å². The van der Waals surface area contributed by atoms with E-state index in [-0.39, 0.29) is 24.1 Å². The Morgan fingerprint density at radius 1 is 1.13 bits per heavy atom. The molecule has 2 fully saturated rings. The van der Waals surface area contributed by atoms with E-state index in [1.807, 2.05) is 0 Å². The number of nitrogens with zero attached hydrogens (tertiary/aromatic N) is 2. The van der Waals surface area contributed by atoms with E-state index < -0.39 is 12.3 Å². The monoisotopic (exact) mass is 549 g/mol. The zero-order chi connectivity index (χ0) is 28.2. The molecule has 6 nitrogen and oxygen atoms in total. The molecule has 2 saturated heterocycles. The zero-order valence-corrected chi connectivity index (χ0v) is 23.5. The lowest BCUT2D eigenvalue weighted by atomic mass is 9.93.